The number of hydrogen-bond donors (Lipinski definition) is 0. The van der Waals surface area contributed by atoms with E-state index in [0.29, 0.717) is 35.0 Å². The van der Waals surface area contributed by atoms with E-state index in [1.165, 1.54) is 18.7 Å². The fourth-order valence-electron chi connectivity index (χ4n) is 2.77. The first-order chi connectivity index (χ1) is 16.1. The Morgan fingerprint density at radius 2 is 1.59 bits per heavy atom. The van der Waals surface area contributed by atoms with Crippen molar-refractivity contribution in [1.29, 1.82) is 5.26 Å². The molecule has 1 heterocycles. The molecule has 0 fully saturated rings. The summed E-state index contributed by atoms with van der Waals surface area (Å²) in [5.41, 5.74) is 1.20. The van der Waals surface area contributed by atoms with Gasteiger partial charge in [-0.1, -0.05) is 36.5 Å². The quantitative estimate of drug-likeness (QED) is 0.141. The van der Waals surface area contributed by atoms with Crippen molar-refractivity contribution in [3.63, 3.8) is 0 Å². The van der Waals surface area contributed by atoms with Gasteiger partial charge >= 0.3 is 17.9 Å². The third-order valence-electron chi connectivity index (χ3n) is 4.45. The van der Waals surface area contributed by atoms with Gasteiger partial charge in [0.25, 0.3) is 0 Å². The lowest BCUT2D eigenvalue weighted by Crippen LogP contribution is -2.23. The van der Waals surface area contributed by atoms with Gasteiger partial charge in [0.2, 0.25) is 0 Å². The number of nitrogens with zero attached hydrogens (tertiary/aromatic N) is 2. The minimum Gasteiger partial charge on any atom is -0.462 e. The van der Waals surface area contributed by atoms with E-state index in [0.717, 1.165) is 10.6 Å². The summed E-state index contributed by atoms with van der Waals surface area (Å²) in [5.74, 6) is -1.86. The number of ether oxygens (including phenoxy) is 3. The number of unbranched alkanes of at least 4 members (excludes halogenated alkanes) is 1. The van der Waals surface area contributed by atoms with Crippen LogP contribution in [0.5, 0.6) is 0 Å². The molecule has 0 spiro atoms. The zero-order valence-corrected chi connectivity index (χ0v) is 20.6. The van der Waals surface area contributed by atoms with E-state index in [1.807, 2.05) is 17.0 Å². The molecule has 0 radical (unpaired) electrons. The lowest BCUT2D eigenvalue weighted by atomic mass is 10.2. The molecule has 1 aliphatic heterocycles. The minimum atomic E-state index is -0.823. The summed E-state index contributed by atoms with van der Waals surface area (Å²) in [6, 6.07) is 7.23. The number of carbonyl (C=O) groups is 3. The smallest absolute Gasteiger partial charge is 0.351 e. The van der Waals surface area contributed by atoms with E-state index in [-0.39, 0.29) is 31.0 Å². The molecule has 0 aromatic heterocycles. The molecule has 0 bridgehead atoms. The number of fused-ring (bicyclic) bond motifs is 1. The topological polar surface area (TPSA) is 106 Å². The van der Waals surface area contributed by atoms with Crippen molar-refractivity contribution >= 4 is 47.0 Å². The zero-order valence-electron chi connectivity index (χ0n) is 19.0. The van der Waals surface area contributed by atoms with E-state index in [9.17, 15) is 19.6 Å². The second-order valence-corrected chi connectivity index (χ2v) is 8.80. The summed E-state index contributed by atoms with van der Waals surface area (Å²) in [6.07, 6.45) is 1.21. The van der Waals surface area contributed by atoms with Gasteiger partial charge in [0.15, 0.2) is 5.57 Å². The Morgan fingerprint density at radius 1 is 1.00 bits per heavy atom. The van der Waals surface area contributed by atoms with Gasteiger partial charge in [0.05, 0.1) is 12.3 Å². The Balaban J connectivity index is 2.10. The summed E-state index contributed by atoms with van der Waals surface area (Å²) in [4.78, 5) is 38.2. The van der Waals surface area contributed by atoms with Gasteiger partial charge in [-0.05, 0) is 44.9 Å². The monoisotopic (exact) mass is 504 g/mol. The highest BCUT2D eigenvalue weighted by atomic mass is 35.5. The van der Waals surface area contributed by atoms with E-state index in [1.54, 1.807) is 19.1 Å². The molecule has 0 unspecified atom stereocenters. The standard InChI is InChI=1S/C24H25ClN2O6S/c1-15(2)22(28)31-10-6-5-9-27-19-8-7-17(25)13-20(19)34-21(27)18(14-26)24(30)33-12-11-32-23(29)16(3)4/h7-8,13H,1,3,5-6,9-12H2,2,4H3/b21-18-. The Bertz CT molecular complexity index is 1080. The van der Waals surface area contributed by atoms with E-state index < -0.39 is 17.9 Å². The number of thioether (sulfide) groups is 1. The Labute approximate surface area is 207 Å². The van der Waals surface area contributed by atoms with Crippen molar-refractivity contribution in [2.75, 3.05) is 31.3 Å². The van der Waals surface area contributed by atoms with Gasteiger partial charge in [-0.25, -0.2) is 14.4 Å². The molecule has 1 aromatic rings. The van der Waals surface area contributed by atoms with Gasteiger partial charge in [-0.15, -0.1) is 0 Å². The van der Waals surface area contributed by atoms with Crippen LogP contribution in [-0.4, -0.2) is 44.3 Å². The normalized spacial score (nSPS) is 13.4. The molecule has 0 aliphatic carbocycles. The van der Waals surface area contributed by atoms with E-state index in [4.69, 9.17) is 25.8 Å². The van der Waals surface area contributed by atoms with Gasteiger partial charge in [0, 0.05) is 27.6 Å². The van der Waals surface area contributed by atoms with Gasteiger partial charge in [0.1, 0.15) is 24.3 Å². The predicted molar refractivity (Wildman–Crippen MR) is 129 cm³/mol. The van der Waals surface area contributed by atoms with Crippen LogP contribution in [0.3, 0.4) is 0 Å². The minimum absolute atomic E-state index is 0.152. The van der Waals surface area contributed by atoms with Crippen LogP contribution in [0.2, 0.25) is 5.02 Å². The molecule has 8 nitrogen and oxygen atoms in total. The molecule has 0 N–H and O–H groups in total. The number of anilines is 1. The number of rotatable bonds is 11. The summed E-state index contributed by atoms with van der Waals surface area (Å²) in [7, 11) is 0. The van der Waals surface area contributed by atoms with Crippen LogP contribution in [-0.2, 0) is 28.6 Å². The largest absolute Gasteiger partial charge is 0.462 e. The molecule has 1 aliphatic rings. The Kier molecular flexibility index (Phi) is 10.2. The molecule has 0 saturated heterocycles. The second kappa shape index (κ2) is 12.9. The van der Waals surface area contributed by atoms with Crippen LogP contribution < -0.4 is 4.90 Å². The van der Waals surface area contributed by atoms with Crippen molar-refractivity contribution in [2.24, 2.45) is 0 Å². The van der Waals surface area contributed by atoms with Crippen molar-refractivity contribution in [3.8, 4) is 6.07 Å². The summed E-state index contributed by atoms with van der Waals surface area (Å²) in [6.45, 7) is 10.4. The molecular formula is C24H25ClN2O6S. The fraction of sp³-hybridized carbons (Fsp3) is 0.333. The highest BCUT2D eigenvalue weighted by Gasteiger charge is 2.31. The lowest BCUT2D eigenvalue weighted by Gasteiger charge is -2.21. The summed E-state index contributed by atoms with van der Waals surface area (Å²) in [5, 5.41) is 10.7. The van der Waals surface area contributed by atoms with Crippen molar-refractivity contribution in [2.45, 2.75) is 31.6 Å². The van der Waals surface area contributed by atoms with Crippen molar-refractivity contribution < 1.29 is 28.6 Å². The van der Waals surface area contributed by atoms with Gasteiger partial charge in [-0.3, -0.25) is 0 Å². The third kappa shape index (κ3) is 7.40. The highest BCUT2D eigenvalue weighted by molar-refractivity contribution is 8.03. The first-order valence-electron chi connectivity index (χ1n) is 10.4. The number of hydrogen-bond acceptors (Lipinski definition) is 9. The third-order valence-corrected chi connectivity index (χ3v) is 5.85. The van der Waals surface area contributed by atoms with Crippen molar-refractivity contribution in [3.05, 3.63) is 58.1 Å². The molecule has 10 heteroatoms. The van der Waals surface area contributed by atoms with Crippen LogP contribution in [0, 0.1) is 11.3 Å². The molecular weight excluding hydrogens is 480 g/mol. The average molecular weight is 505 g/mol. The van der Waals surface area contributed by atoms with Crippen LogP contribution in [0.15, 0.2) is 58.0 Å². The number of esters is 3. The molecule has 0 saturated carbocycles. The molecule has 180 valence electrons. The maximum atomic E-state index is 12.6. The number of carbonyl (C=O) groups excluding carboxylic acids is 3. The first-order valence-corrected chi connectivity index (χ1v) is 11.6. The number of halogens is 1. The molecule has 0 atom stereocenters. The number of benzene rings is 1. The fourth-order valence-corrected chi connectivity index (χ4v) is 4.22. The van der Waals surface area contributed by atoms with Crippen LogP contribution >= 0.6 is 23.4 Å². The van der Waals surface area contributed by atoms with Crippen LogP contribution in [0.4, 0.5) is 5.69 Å². The summed E-state index contributed by atoms with van der Waals surface area (Å²) >= 11 is 7.36. The van der Waals surface area contributed by atoms with Crippen LogP contribution in [0.25, 0.3) is 0 Å². The summed E-state index contributed by atoms with van der Waals surface area (Å²) < 4.78 is 15.2. The van der Waals surface area contributed by atoms with E-state index >= 15 is 0 Å². The molecule has 0 amide bonds. The molecule has 34 heavy (non-hydrogen) atoms. The first kappa shape index (κ1) is 27.0. The van der Waals surface area contributed by atoms with E-state index in [2.05, 4.69) is 13.2 Å². The Hall–Kier alpha value is -3.22. The second-order valence-electron chi connectivity index (χ2n) is 7.33. The van der Waals surface area contributed by atoms with Crippen molar-refractivity contribution in [1.82, 2.24) is 0 Å². The number of nitriles is 1. The maximum absolute atomic E-state index is 12.6. The molecule has 1 aromatic carbocycles. The average Bonchev–Trinajstić information content (AvgIpc) is 3.13. The predicted octanol–water partition coefficient (Wildman–Crippen LogP) is 4.55. The van der Waals surface area contributed by atoms with Crippen LogP contribution in [0.1, 0.15) is 26.7 Å². The zero-order chi connectivity index (χ0) is 25.3. The lowest BCUT2D eigenvalue weighted by molar-refractivity contribution is -0.147. The SMILES string of the molecule is C=C(C)C(=O)OCCCCN1/C(=C(\C#N)C(=O)OCCOC(=O)C(=C)C)Sc2cc(Cl)ccc21. The van der Waals surface area contributed by atoms with Gasteiger partial charge < -0.3 is 19.1 Å². The Morgan fingerprint density at radius 3 is 2.18 bits per heavy atom. The maximum Gasteiger partial charge on any atom is 0.351 e. The molecule has 2 rings (SSSR count). The van der Waals surface area contributed by atoms with Gasteiger partial charge in [-0.2, -0.15) is 5.26 Å². The highest BCUT2D eigenvalue weighted by Crippen LogP contribution is 2.48.